The molecule has 0 aliphatic carbocycles. The molecule has 4 heterocycles. The van der Waals surface area contributed by atoms with Crippen molar-refractivity contribution < 1.29 is 9.32 Å². The third kappa shape index (κ3) is 2.90. The van der Waals surface area contributed by atoms with Gasteiger partial charge < -0.3 is 14.7 Å². The standard InChI is InChI=1S/C15H16N6O2S/c22-15(18-12-9-17-19-13(12)14-16-4-8-24-14)21-5-1-10(2-6-21)11-3-7-23-20-11/h3-4,7-10H,1-2,5-6H2,(H,17,19)(H,18,22). The van der Waals surface area contributed by atoms with Gasteiger partial charge in [0.2, 0.25) is 0 Å². The first-order valence-corrected chi connectivity index (χ1v) is 8.58. The maximum atomic E-state index is 12.5. The molecule has 0 unspecified atom stereocenters. The van der Waals surface area contributed by atoms with E-state index in [0.717, 1.165) is 29.2 Å². The maximum Gasteiger partial charge on any atom is 0.321 e. The number of urea groups is 1. The first kappa shape index (κ1) is 14.9. The molecule has 4 rings (SSSR count). The number of aromatic amines is 1. The number of likely N-dealkylation sites (tertiary alicyclic amines) is 1. The smallest absolute Gasteiger partial charge is 0.321 e. The Labute approximate surface area is 141 Å². The minimum atomic E-state index is -0.118. The zero-order chi connectivity index (χ0) is 16.4. The molecule has 9 heteroatoms. The van der Waals surface area contributed by atoms with Crippen molar-refractivity contribution in [1.29, 1.82) is 0 Å². The van der Waals surface area contributed by atoms with Crippen LogP contribution in [-0.4, -0.2) is 44.4 Å². The second kappa shape index (κ2) is 6.44. The van der Waals surface area contributed by atoms with Crippen molar-refractivity contribution in [3.63, 3.8) is 0 Å². The maximum absolute atomic E-state index is 12.5. The number of hydrogen-bond donors (Lipinski definition) is 2. The second-order valence-electron chi connectivity index (χ2n) is 5.61. The minimum absolute atomic E-state index is 0.118. The Bertz CT molecular complexity index is 790. The van der Waals surface area contributed by atoms with E-state index in [1.165, 1.54) is 11.3 Å². The summed E-state index contributed by atoms with van der Waals surface area (Å²) in [6.45, 7) is 1.38. The normalized spacial score (nSPS) is 15.6. The van der Waals surface area contributed by atoms with Crippen LogP contribution in [0.2, 0.25) is 0 Å². The van der Waals surface area contributed by atoms with Gasteiger partial charge in [0, 0.05) is 36.7 Å². The number of nitrogens with zero attached hydrogens (tertiary/aromatic N) is 4. The number of rotatable bonds is 3. The van der Waals surface area contributed by atoms with Crippen LogP contribution in [-0.2, 0) is 0 Å². The first-order chi connectivity index (χ1) is 11.8. The number of anilines is 1. The second-order valence-corrected chi connectivity index (χ2v) is 6.51. The lowest BCUT2D eigenvalue weighted by molar-refractivity contribution is 0.193. The molecule has 0 spiro atoms. The molecule has 8 nitrogen and oxygen atoms in total. The van der Waals surface area contributed by atoms with Crippen LogP contribution in [0.5, 0.6) is 0 Å². The summed E-state index contributed by atoms with van der Waals surface area (Å²) in [6, 6.07) is 1.78. The van der Waals surface area contributed by atoms with Crippen molar-refractivity contribution in [2.75, 3.05) is 18.4 Å². The number of thiazole rings is 1. The summed E-state index contributed by atoms with van der Waals surface area (Å²) in [6.07, 6.45) is 6.68. The number of nitrogens with one attached hydrogen (secondary N) is 2. The number of aromatic nitrogens is 4. The van der Waals surface area contributed by atoms with E-state index in [-0.39, 0.29) is 6.03 Å². The summed E-state index contributed by atoms with van der Waals surface area (Å²) < 4.78 is 4.90. The van der Waals surface area contributed by atoms with Gasteiger partial charge in [-0.25, -0.2) is 9.78 Å². The van der Waals surface area contributed by atoms with Crippen molar-refractivity contribution in [3.8, 4) is 10.7 Å². The highest BCUT2D eigenvalue weighted by atomic mass is 32.1. The molecule has 1 saturated heterocycles. The number of hydrogen-bond acceptors (Lipinski definition) is 6. The predicted molar refractivity (Wildman–Crippen MR) is 88.8 cm³/mol. The summed E-state index contributed by atoms with van der Waals surface area (Å²) in [4.78, 5) is 18.6. The zero-order valence-corrected chi connectivity index (χ0v) is 13.6. The lowest BCUT2D eigenvalue weighted by atomic mass is 9.94. The third-order valence-electron chi connectivity index (χ3n) is 4.19. The Morgan fingerprint density at radius 2 is 2.29 bits per heavy atom. The molecule has 0 radical (unpaired) electrons. The van der Waals surface area contributed by atoms with Gasteiger partial charge in [0.1, 0.15) is 17.0 Å². The van der Waals surface area contributed by atoms with Crippen molar-refractivity contribution >= 4 is 23.1 Å². The molecule has 2 amide bonds. The third-order valence-corrected chi connectivity index (χ3v) is 4.98. The number of H-pyrrole nitrogens is 1. The van der Waals surface area contributed by atoms with Gasteiger partial charge in [0.15, 0.2) is 0 Å². The molecule has 1 aliphatic rings. The predicted octanol–water partition coefficient (Wildman–Crippen LogP) is 2.93. The quantitative estimate of drug-likeness (QED) is 0.761. The Morgan fingerprint density at radius 3 is 3.00 bits per heavy atom. The topological polar surface area (TPSA) is 99.9 Å². The Balaban J connectivity index is 1.39. The monoisotopic (exact) mass is 344 g/mol. The van der Waals surface area contributed by atoms with E-state index < -0.39 is 0 Å². The Morgan fingerprint density at radius 1 is 1.42 bits per heavy atom. The van der Waals surface area contributed by atoms with E-state index in [9.17, 15) is 4.79 Å². The highest BCUT2D eigenvalue weighted by Crippen LogP contribution is 2.29. The number of carbonyl (C=O) groups excluding carboxylic acids is 1. The fourth-order valence-electron chi connectivity index (χ4n) is 2.90. The average Bonchev–Trinajstić information content (AvgIpc) is 3.36. The van der Waals surface area contributed by atoms with Crippen molar-refractivity contribution in [1.82, 2.24) is 25.2 Å². The summed E-state index contributed by atoms with van der Waals surface area (Å²) in [7, 11) is 0. The van der Waals surface area contributed by atoms with Crippen LogP contribution in [0.1, 0.15) is 24.5 Å². The fourth-order valence-corrected chi connectivity index (χ4v) is 3.54. The van der Waals surface area contributed by atoms with Gasteiger partial charge in [-0.2, -0.15) is 5.10 Å². The zero-order valence-electron chi connectivity index (χ0n) is 12.8. The summed E-state index contributed by atoms with van der Waals surface area (Å²) in [5, 5.41) is 16.5. The van der Waals surface area contributed by atoms with Crippen LogP contribution in [0.25, 0.3) is 10.7 Å². The van der Waals surface area contributed by atoms with E-state index in [2.05, 4.69) is 25.7 Å². The van der Waals surface area contributed by atoms with Gasteiger partial charge in [-0.1, -0.05) is 5.16 Å². The molecular weight excluding hydrogens is 328 g/mol. The van der Waals surface area contributed by atoms with Crippen molar-refractivity contribution in [2.24, 2.45) is 0 Å². The molecule has 3 aromatic rings. The summed E-state index contributed by atoms with van der Waals surface area (Å²) >= 11 is 1.49. The van der Waals surface area contributed by atoms with Gasteiger partial charge in [-0.05, 0) is 12.8 Å². The van der Waals surface area contributed by atoms with Crippen molar-refractivity contribution in [2.45, 2.75) is 18.8 Å². The highest BCUT2D eigenvalue weighted by Gasteiger charge is 2.26. The summed E-state index contributed by atoms with van der Waals surface area (Å²) in [5.74, 6) is 0.354. The van der Waals surface area contributed by atoms with Crippen LogP contribution < -0.4 is 5.32 Å². The molecule has 1 aliphatic heterocycles. The molecule has 3 aromatic heterocycles. The molecule has 0 atom stereocenters. The van der Waals surface area contributed by atoms with Crippen LogP contribution in [0.3, 0.4) is 0 Å². The van der Waals surface area contributed by atoms with Gasteiger partial charge >= 0.3 is 6.03 Å². The number of carbonyl (C=O) groups is 1. The molecule has 124 valence electrons. The SMILES string of the molecule is O=C(Nc1cn[nH]c1-c1nccs1)N1CCC(c2ccon2)CC1. The Kier molecular flexibility index (Phi) is 3.99. The minimum Gasteiger partial charge on any atom is -0.365 e. The molecule has 1 fully saturated rings. The number of amides is 2. The van der Waals surface area contributed by atoms with Gasteiger partial charge in [0.25, 0.3) is 0 Å². The van der Waals surface area contributed by atoms with E-state index in [0.29, 0.717) is 24.7 Å². The van der Waals surface area contributed by atoms with E-state index in [4.69, 9.17) is 4.52 Å². The average molecular weight is 344 g/mol. The fraction of sp³-hybridized carbons (Fsp3) is 0.333. The largest absolute Gasteiger partial charge is 0.365 e. The van der Waals surface area contributed by atoms with Crippen LogP contribution in [0, 0.1) is 0 Å². The molecule has 0 bridgehead atoms. The van der Waals surface area contributed by atoms with Gasteiger partial charge in [0.05, 0.1) is 17.6 Å². The van der Waals surface area contributed by atoms with Gasteiger partial charge in [-0.15, -0.1) is 11.3 Å². The lowest BCUT2D eigenvalue weighted by Crippen LogP contribution is -2.40. The Hall–Kier alpha value is -2.68. The molecule has 2 N–H and O–H groups in total. The van der Waals surface area contributed by atoms with Gasteiger partial charge in [-0.3, -0.25) is 5.10 Å². The molecular formula is C15H16N6O2S. The highest BCUT2D eigenvalue weighted by molar-refractivity contribution is 7.13. The lowest BCUT2D eigenvalue weighted by Gasteiger charge is -2.31. The number of piperidine rings is 1. The molecule has 0 saturated carbocycles. The van der Waals surface area contributed by atoms with E-state index in [1.54, 1.807) is 18.7 Å². The van der Waals surface area contributed by atoms with Crippen LogP contribution >= 0.6 is 11.3 Å². The molecule has 0 aromatic carbocycles. The van der Waals surface area contributed by atoms with E-state index >= 15 is 0 Å². The first-order valence-electron chi connectivity index (χ1n) is 7.70. The van der Waals surface area contributed by atoms with Crippen LogP contribution in [0.4, 0.5) is 10.5 Å². The van der Waals surface area contributed by atoms with E-state index in [1.807, 2.05) is 16.3 Å². The van der Waals surface area contributed by atoms with Crippen molar-refractivity contribution in [3.05, 3.63) is 35.8 Å². The van der Waals surface area contributed by atoms with Crippen LogP contribution in [0.15, 0.2) is 34.6 Å². The summed E-state index contributed by atoms with van der Waals surface area (Å²) in [5.41, 5.74) is 2.35. The molecule has 24 heavy (non-hydrogen) atoms.